The molecule has 0 saturated heterocycles. The topological polar surface area (TPSA) is 92.2 Å². The van der Waals surface area contributed by atoms with E-state index in [0.717, 1.165) is 11.6 Å². The first-order valence-electron chi connectivity index (χ1n) is 6.13. The van der Waals surface area contributed by atoms with E-state index in [4.69, 9.17) is 5.11 Å². The minimum absolute atomic E-state index is 0.333. The van der Waals surface area contributed by atoms with Gasteiger partial charge in [0.25, 0.3) is 5.91 Å². The summed E-state index contributed by atoms with van der Waals surface area (Å²) in [4.78, 5) is 30.5. The summed E-state index contributed by atoms with van der Waals surface area (Å²) >= 11 is 0. The van der Waals surface area contributed by atoms with Crippen molar-refractivity contribution < 1.29 is 14.7 Å². The highest BCUT2D eigenvalue weighted by molar-refractivity contribution is 6.04. The summed E-state index contributed by atoms with van der Waals surface area (Å²) in [6, 6.07) is 3.36. The monoisotopic (exact) mass is 283 g/mol. The third kappa shape index (κ3) is 4.24. The molecule has 6 nitrogen and oxygen atoms in total. The highest BCUT2D eigenvalue weighted by atomic mass is 16.4. The van der Waals surface area contributed by atoms with E-state index in [0.29, 0.717) is 16.8 Å². The Morgan fingerprint density at radius 2 is 1.90 bits per heavy atom. The van der Waals surface area contributed by atoms with Gasteiger partial charge in [0.15, 0.2) is 0 Å². The summed E-state index contributed by atoms with van der Waals surface area (Å²) in [5, 5.41) is 11.3. The Morgan fingerprint density at radius 3 is 2.62 bits per heavy atom. The van der Waals surface area contributed by atoms with Crippen LogP contribution in [0.1, 0.15) is 21.5 Å². The molecular weight excluding hydrogens is 270 g/mol. The number of hydrogen-bond donors (Lipinski definition) is 2. The van der Waals surface area contributed by atoms with Crippen LogP contribution < -0.4 is 5.32 Å². The zero-order valence-corrected chi connectivity index (χ0v) is 11.3. The maximum Gasteiger partial charge on any atom is 0.328 e. The number of aryl methyl sites for hydroxylation is 1. The number of anilines is 1. The lowest BCUT2D eigenvalue weighted by molar-refractivity contribution is -0.131. The number of nitrogens with one attached hydrogen (secondary N) is 1. The largest absolute Gasteiger partial charge is 0.478 e. The van der Waals surface area contributed by atoms with Crippen LogP contribution in [-0.4, -0.2) is 27.0 Å². The van der Waals surface area contributed by atoms with Gasteiger partial charge >= 0.3 is 5.97 Å². The van der Waals surface area contributed by atoms with Gasteiger partial charge in [-0.2, -0.15) is 0 Å². The van der Waals surface area contributed by atoms with Gasteiger partial charge in [0.2, 0.25) is 0 Å². The highest BCUT2D eigenvalue weighted by Crippen LogP contribution is 2.11. The predicted molar refractivity (Wildman–Crippen MR) is 77.8 cm³/mol. The number of hydrogen-bond acceptors (Lipinski definition) is 4. The molecule has 1 amide bonds. The molecular formula is C15H13N3O3. The lowest BCUT2D eigenvalue weighted by Gasteiger charge is -2.05. The summed E-state index contributed by atoms with van der Waals surface area (Å²) in [6.45, 7) is 1.88. The Hall–Kier alpha value is -3.02. The molecule has 0 bridgehead atoms. The van der Waals surface area contributed by atoms with E-state index >= 15 is 0 Å². The van der Waals surface area contributed by atoms with Crippen LogP contribution in [0.15, 0.2) is 43.0 Å². The molecule has 0 spiro atoms. The fourth-order valence-electron chi connectivity index (χ4n) is 1.67. The molecule has 0 aliphatic heterocycles. The molecule has 0 aliphatic rings. The zero-order chi connectivity index (χ0) is 15.2. The summed E-state index contributed by atoms with van der Waals surface area (Å²) in [7, 11) is 0. The lowest BCUT2D eigenvalue weighted by Crippen LogP contribution is -2.12. The van der Waals surface area contributed by atoms with Crippen LogP contribution >= 0.6 is 0 Å². The average Bonchev–Trinajstić information content (AvgIpc) is 2.45. The summed E-state index contributed by atoms with van der Waals surface area (Å²) in [6.07, 6.45) is 8.49. The van der Waals surface area contributed by atoms with E-state index in [1.165, 1.54) is 18.5 Å². The van der Waals surface area contributed by atoms with E-state index in [-0.39, 0.29) is 5.91 Å². The number of carboxylic acids is 1. The third-order valence-corrected chi connectivity index (χ3v) is 2.57. The van der Waals surface area contributed by atoms with E-state index in [2.05, 4.69) is 15.3 Å². The number of carbonyl (C=O) groups is 2. The van der Waals surface area contributed by atoms with Gasteiger partial charge in [-0.1, -0.05) is 0 Å². The minimum atomic E-state index is -1.06. The van der Waals surface area contributed by atoms with Gasteiger partial charge in [-0.15, -0.1) is 0 Å². The SMILES string of the molecule is Cc1cncc(NC(=O)c2cncc(/C=C/C(=O)O)c2)c1. The molecule has 0 unspecified atom stereocenters. The van der Waals surface area contributed by atoms with Crippen molar-refractivity contribution in [3.05, 3.63) is 59.7 Å². The second-order valence-corrected chi connectivity index (χ2v) is 4.38. The number of carboxylic acid groups (broad SMARTS) is 1. The lowest BCUT2D eigenvalue weighted by atomic mass is 10.2. The van der Waals surface area contributed by atoms with Crippen molar-refractivity contribution in [2.45, 2.75) is 6.92 Å². The second kappa shape index (κ2) is 6.42. The summed E-state index contributed by atoms with van der Waals surface area (Å²) in [5.74, 6) is -1.39. The van der Waals surface area contributed by atoms with Gasteiger partial charge in [0.1, 0.15) is 0 Å². The van der Waals surface area contributed by atoms with Crippen LogP contribution in [-0.2, 0) is 4.79 Å². The number of pyridine rings is 2. The standard InChI is InChI=1S/C15H13N3O3/c1-10-4-13(9-16-6-10)18-15(21)12-5-11(7-17-8-12)2-3-14(19)20/h2-9H,1H3,(H,18,21)(H,19,20)/b3-2+. The second-order valence-electron chi connectivity index (χ2n) is 4.38. The van der Waals surface area contributed by atoms with Gasteiger partial charge in [-0.3, -0.25) is 14.8 Å². The first-order chi connectivity index (χ1) is 10.0. The molecule has 2 heterocycles. The van der Waals surface area contributed by atoms with Crippen LogP contribution in [0, 0.1) is 6.92 Å². The van der Waals surface area contributed by atoms with Crippen molar-refractivity contribution >= 4 is 23.6 Å². The quantitative estimate of drug-likeness (QED) is 0.839. The fraction of sp³-hybridized carbons (Fsp3) is 0.0667. The Morgan fingerprint density at radius 1 is 1.14 bits per heavy atom. The number of rotatable bonds is 4. The van der Waals surface area contributed by atoms with Gasteiger partial charge in [0, 0.05) is 24.7 Å². The predicted octanol–water partition coefficient (Wildman–Crippen LogP) is 2.14. The number of aliphatic carboxylic acids is 1. The molecule has 0 radical (unpaired) electrons. The number of nitrogens with zero attached hydrogens (tertiary/aromatic N) is 2. The number of amides is 1. The maximum atomic E-state index is 12.1. The van der Waals surface area contributed by atoms with Gasteiger partial charge < -0.3 is 10.4 Å². The van der Waals surface area contributed by atoms with Crippen molar-refractivity contribution in [2.24, 2.45) is 0 Å². The highest BCUT2D eigenvalue weighted by Gasteiger charge is 2.07. The summed E-state index contributed by atoms with van der Waals surface area (Å²) < 4.78 is 0. The van der Waals surface area contributed by atoms with Crippen molar-refractivity contribution in [2.75, 3.05) is 5.32 Å². The summed E-state index contributed by atoms with van der Waals surface area (Å²) in [5.41, 5.74) is 2.40. The minimum Gasteiger partial charge on any atom is -0.478 e. The van der Waals surface area contributed by atoms with Crippen LogP contribution in [0.25, 0.3) is 6.08 Å². The average molecular weight is 283 g/mol. The van der Waals surface area contributed by atoms with Crippen molar-refractivity contribution in [1.82, 2.24) is 9.97 Å². The molecule has 2 aromatic rings. The smallest absolute Gasteiger partial charge is 0.328 e. The fourth-order valence-corrected chi connectivity index (χ4v) is 1.67. The molecule has 0 aromatic carbocycles. The molecule has 0 aliphatic carbocycles. The molecule has 2 aromatic heterocycles. The van der Waals surface area contributed by atoms with E-state index in [9.17, 15) is 9.59 Å². The Labute approximate surface area is 121 Å². The van der Waals surface area contributed by atoms with Crippen LogP contribution in [0.5, 0.6) is 0 Å². The first kappa shape index (κ1) is 14.4. The molecule has 2 N–H and O–H groups in total. The van der Waals surface area contributed by atoms with Crippen molar-refractivity contribution in [3.8, 4) is 0 Å². The molecule has 0 atom stereocenters. The normalized spacial score (nSPS) is 10.5. The molecule has 106 valence electrons. The van der Waals surface area contributed by atoms with Gasteiger partial charge in [0.05, 0.1) is 17.4 Å². The Balaban J connectivity index is 2.16. The van der Waals surface area contributed by atoms with Crippen LogP contribution in [0.3, 0.4) is 0 Å². The van der Waals surface area contributed by atoms with E-state index < -0.39 is 5.97 Å². The Bertz CT molecular complexity index is 711. The third-order valence-electron chi connectivity index (χ3n) is 2.57. The van der Waals surface area contributed by atoms with Crippen molar-refractivity contribution in [1.29, 1.82) is 0 Å². The molecule has 2 rings (SSSR count). The van der Waals surface area contributed by atoms with Crippen molar-refractivity contribution in [3.63, 3.8) is 0 Å². The first-order valence-corrected chi connectivity index (χ1v) is 6.13. The van der Waals surface area contributed by atoms with Gasteiger partial charge in [-0.05, 0) is 36.3 Å². The van der Waals surface area contributed by atoms with Crippen LogP contribution in [0.4, 0.5) is 5.69 Å². The van der Waals surface area contributed by atoms with Crippen LogP contribution in [0.2, 0.25) is 0 Å². The number of aromatic nitrogens is 2. The zero-order valence-electron chi connectivity index (χ0n) is 11.3. The van der Waals surface area contributed by atoms with E-state index in [1.807, 2.05) is 6.92 Å². The number of carbonyl (C=O) groups excluding carboxylic acids is 1. The molecule has 6 heteroatoms. The van der Waals surface area contributed by atoms with Gasteiger partial charge in [-0.25, -0.2) is 4.79 Å². The molecule has 21 heavy (non-hydrogen) atoms. The molecule has 0 saturated carbocycles. The maximum absolute atomic E-state index is 12.1. The Kier molecular flexibility index (Phi) is 4.40. The molecule has 0 fully saturated rings. The van der Waals surface area contributed by atoms with E-state index in [1.54, 1.807) is 24.5 Å².